The molecular formula is C13H25N3O3. The molecule has 1 fully saturated rings. The number of urea groups is 1. The van der Waals surface area contributed by atoms with E-state index in [-0.39, 0.29) is 12.3 Å². The van der Waals surface area contributed by atoms with Crippen molar-refractivity contribution in [1.82, 2.24) is 10.2 Å². The number of nitrogens with one attached hydrogen (secondary N) is 1. The van der Waals surface area contributed by atoms with Crippen LogP contribution in [-0.2, 0) is 4.79 Å². The highest BCUT2D eigenvalue weighted by Crippen LogP contribution is 2.22. The largest absolute Gasteiger partial charge is 0.392 e. The van der Waals surface area contributed by atoms with Crippen LogP contribution in [0.4, 0.5) is 4.79 Å². The Morgan fingerprint density at radius 3 is 2.53 bits per heavy atom. The normalized spacial score (nSPS) is 18.3. The summed E-state index contributed by atoms with van der Waals surface area (Å²) in [7, 11) is 0. The summed E-state index contributed by atoms with van der Waals surface area (Å²) >= 11 is 0. The summed E-state index contributed by atoms with van der Waals surface area (Å²) in [6.07, 6.45) is 5.71. The first-order chi connectivity index (χ1) is 8.99. The predicted octanol–water partition coefficient (Wildman–Crippen LogP) is 0.587. The molecule has 1 saturated carbocycles. The van der Waals surface area contributed by atoms with E-state index in [1.807, 2.05) is 0 Å². The second-order valence-electron chi connectivity index (χ2n) is 5.30. The Balaban J connectivity index is 2.44. The van der Waals surface area contributed by atoms with Crippen LogP contribution in [0.2, 0.25) is 0 Å². The summed E-state index contributed by atoms with van der Waals surface area (Å²) in [6.45, 7) is 2.86. The molecule has 6 heteroatoms. The zero-order valence-electron chi connectivity index (χ0n) is 11.6. The molecule has 110 valence electrons. The SMILES string of the molecule is CC(O)CN(CCC(=O)NC(N)=O)C1CCCCC1. The molecule has 1 aliphatic carbocycles. The highest BCUT2D eigenvalue weighted by Gasteiger charge is 2.22. The fraction of sp³-hybridized carbons (Fsp3) is 0.846. The van der Waals surface area contributed by atoms with Gasteiger partial charge in [0.15, 0.2) is 0 Å². The van der Waals surface area contributed by atoms with Crippen LogP contribution >= 0.6 is 0 Å². The van der Waals surface area contributed by atoms with Gasteiger partial charge in [0.1, 0.15) is 0 Å². The molecule has 1 atom stereocenters. The molecule has 0 heterocycles. The van der Waals surface area contributed by atoms with Crippen molar-refractivity contribution in [3.8, 4) is 0 Å². The molecule has 1 rings (SSSR count). The van der Waals surface area contributed by atoms with Crippen molar-refractivity contribution in [1.29, 1.82) is 0 Å². The molecule has 0 aliphatic heterocycles. The molecule has 0 aromatic heterocycles. The molecule has 1 unspecified atom stereocenters. The van der Waals surface area contributed by atoms with E-state index in [4.69, 9.17) is 5.73 Å². The topological polar surface area (TPSA) is 95.7 Å². The van der Waals surface area contributed by atoms with Gasteiger partial charge in [0, 0.05) is 25.6 Å². The van der Waals surface area contributed by atoms with Gasteiger partial charge < -0.3 is 10.8 Å². The molecule has 6 nitrogen and oxygen atoms in total. The molecule has 1 aliphatic rings. The number of hydrogen-bond acceptors (Lipinski definition) is 4. The first-order valence-corrected chi connectivity index (χ1v) is 7.00. The van der Waals surface area contributed by atoms with Gasteiger partial charge in [0.25, 0.3) is 0 Å². The van der Waals surface area contributed by atoms with Crippen LogP contribution in [0.5, 0.6) is 0 Å². The standard InChI is InChI=1S/C13H25N3O3/c1-10(17)9-16(11-5-3-2-4-6-11)8-7-12(18)15-13(14)19/h10-11,17H,2-9H2,1H3,(H3,14,15,18,19). The summed E-state index contributed by atoms with van der Waals surface area (Å²) in [4.78, 5) is 24.2. The summed E-state index contributed by atoms with van der Waals surface area (Å²) < 4.78 is 0. The zero-order valence-corrected chi connectivity index (χ0v) is 11.6. The van der Waals surface area contributed by atoms with Gasteiger partial charge in [0.05, 0.1) is 6.10 Å². The third-order valence-corrected chi connectivity index (χ3v) is 3.48. The molecule has 0 spiro atoms. The van der Waals surface area contributed by atoms with Gasteiger partial charge in [-0.15, -0.1) is 0 Å². The van der Waals surface area contributed by atoms with Crippen LogP contribution < -0.4 is 11.1 Å². The van der Waals surface area contributed by atoms with Crippen LogP contribution in [0.25, 0.3) is 0 Å². The van der Waals surface area contributed by atoms with E-state index >= 15 is 0 Å². The number of rotatable bonds is 6. The quantitative estimate of drug-likeness (QED) is 0.658. The second-order valence-corrected chi connectivity index (χ2v) is 5.30. The lowest BCUT2D eigenvalue weighted by molar-refractivity contribution is -0.120. The van der Waals surface area contributed by atoms with Gasteiger partial charge in [-0.2, -0.15) is 0 Å². The zero-order chi connectivity index (χ0) is 14.3. The lowest BCUT2D eigenvalue weighted by Gasteiger charge is -2.35. The maximum absolute atomic E-state index is 11.4. The van der Waals surface area contributed by atoms with E-state index in [1.54, 1.807) is 6.92 Å². The third kappa shape index (κ3) is 6.54. The number of hydrogen-bond donors (Lipinski definition) is 3. The average Bonchev–Trinajstić information content (AvgIpc) is 2.34. The second kappa shape index (κ2) is 8.12. The molecule has 0 aromatic rings. The lowest BCUT2D eigenvalue weighted by atomic mass is 9.94. The molecule has 0 saturated heterocycles. The van der Waals surface area contributed by atoms with Crippen LogP contribution in [0, 0.1) is 0 Å². The van der Waals surface area contributed by atoms with Crippen LogP contribution in [0.1, 0.15) is 45.4 Å². The third-order valence-electron chi connectivity index (χ3n) is 3.48. The summed E-state index contributed by atoms with van der Waals surface area (Å²) in [5, 5.41) is 11.6. The van der Waals surface area contributed by atoms with Crippen molar-refractivity contribution in [2.45, 2.75) is 57.6 Å². The Hall–Kier alpha value is -1.14. The molecule has 4 N–H and O–H groups in total. The lowest BCUT2D eigenvalue weighted by Crippen LogP contribution is -2.43. The highest BCUT2D eigenvalue weighted by atomic mass is 16.3. The minimum atomic E-state index is -0.815. The molecule has 19 heavy (non-hydrogen) atoms. The van der Waals surface area contributed by atoms with Gasteiger partial charge >= 0.3 is 6.03 Å². The average molecular weight is 271 g/mol. The van der Waals surface area contributed by atoms with Crippen molar-refractivity contribution < 1.29 is 14.7 Å². The monoisotopic (exact) mass is 271 g/mol. The summed E-state index contributed by atoms with van der Waals surface area (Å²) in [5.74, 6) is -0.362. The fourth-order valence-electron chi connectivity index (χ4n) is 2.65. The summed E-state index contributed by atoms with van der Waals surface area (Å²) in [5.41, 5.74) is 4.90. The maximum atomic E-state index is 11.4. The van der Waals surface area contributed by atoms with E-state index in [0.29, 0.717) is 19.1 Å². The van der Waals surface area contributed by atoms with Crippen molar-refractivity contribution in [3.05, 3.63) is 0 Å². The van der Waals surface area contributed by atoms with Crippen molar-refractivity contribution in [3.63, 3.8) is 0 Å². The van der Waals surface area contributed by atoms with Gasteiger partial charge in [-0.25, -0.2) is 4.79 Å². The van der Waals surface area contributed by atoms with E-state index in [1.165, 1.54) is 19.3 Å². The number of imide groups is 1. The number of amides is 3. The van der Waals surface area contributed by atoms with Crippen LogP contribution in [-0.4, -0.2) is 47.2 Å². The van der Waals surface area contributed by atoms with E-state index in [9.17, 15) is 14.7 Å². The van der Waals surface area contributed by atoms with Gasteiger partial charge in [-0.1, -0.05) is 19.3 Å². The van der Waals surface area contributed by atoms with Crippen LogP contribution in [0.3, 0.4) is 0 Å². The highest BCUT2D eigenvalue weighted by molar-refractivity contribution is 5.93. The predicted molar refractivity (Wildman–Crippen MR) is 72.5 cm³/mol. The molecule has 3 amide bonds. The Kier molecular flexibility index (Phi) is 6.80. The molecule has 0 aromatic carbocycles. The maximum Gasteiger partial charge on any atom is 0.318 e. The summed E-state index contributed by atoms with van der Waals surface area (Å²) in [6, 6.07) is -0.380. The first-order valence-electron chi connectivity index (χ1n) is 7.00. The van der Waals surface area contributed by atoms with Gasteiger partial charge in [-0.3, -0.25) is 15.0 Å². The minimum absolute atomic E-state index is 0.228. The van der Waals surface area contributed by atoms with Crippen molar-refractivity contribution in [2.24, 2.45) is 5.73 Å². The minimum Gasteiger partial charge on any atom is -0.392 e. The molecule has 0 bridgehead atoms. The smallest absolute Gasteiger partial charge is 0.318 e. The Labute approximate surface area is 114 Å². The Morgan fingerprint density at radius 2 is 2.00 bits per heavy atom. The van der Waals surface area contributed by atoms with Crippen LogP contribution in [0.15, 0.2) is 0 Å². The number of primary amides is 1. The van der Waals surface area contributed by atoms with E-state index in [0.717, 1.165) is 12.8 Å². The molecule has 0 radical (unpaired) electrons. The molecular weight excluding hydrogens is 246 g/mol. The number of carbonyl (C=O) groups is 2. The number of aliphatic hydroxyl groups is 1. The van der Waals surface area contributed by atoms with Gasteiger partial charge in [0.2, 0.25) is 5.91 Å². The van der Waals surface area contributed by atoms with E-state index in [2.05, 4.69) is 10.2 Å². The number of nitrogens with two attached hydrogens (primary N) is 1. The van der Waals surface area contributed by atoms with E-state index < -0.39 is 12.1 Å². The Bertz CT molecular complexity index is 302. The van der Waals surface area contributed by atoms with Crippen molar-refractivity contribution in [2.75, 3.05) is 13.1 Å². The number of carbonyl (C=O) groups excluding carboxylic acids is 2. The fourth-order valence-corrected chi connectivity index (χ4v) is 2.65. The number of aliphatic hydroxyl groups excluding tert-OH is 1. The number of nitrogens with zero attached hydrogens (tertiary/aromatic N) is 1. The van der Waals surface area contributed by atoms with Crippen molar-refractivity contribution >= 4 is 11.9 Å². The van der Waals surface area contributed by atoms with Gasteiger partial charge in [-0.05, 0) is 19.8 Å². The Morgan fingerprint density at radius 1 is 1.37 bits per heavy atom. The first kappa shape index (κ1) is 15.9.